The maximum atomic E-state index is 13.2. The van der Waals surface area contributed by atoms with Crippen LogP contribution < -0.4 is 0 Å². The number of rotatable bonds is 9. The number of carbonyl (C=O) groups excluding carboxylic acids is 2. The van der Waals surface area contributed by atoms with Gasteiger partial charge >= 0.3 is 12.1 Å². The van der Waals surface area contributed by atoms with Crippen molar-refractivity contribution in [3.63, 3.8) is 0 Å². The van der Waals surface area contributed by atoms with E-state index in [1.807, 2.05) is 63.3 Å². The lowest BCUT2D eigenvalue weighted by Crippen LogP contribution is -2.42. The molecule has 3 atom stereocenters. The predicted molar refractivity (Wildman–Crippen MR) is 144 cm³/mol. The quantitative estimate of drug-likeness (QED) is 0.211. The van der Waals surface area contributed by atoms with Crippen molar-refractivity contribution < 1.29 is 28.2 Å². The summed E-state index contributed by atoms with van der Waals surface area (Å²) in [5.74, 6) is -0.484. The SMILES string of the molecule is CCOC(=O)C[C@H](/C=C/[C@H]1OC[C@@H](c2ccccc2)N1C(=O)OC(C)(C)C)CO[Si](C)(C)C(C)(C)C. The van der Waals surface area contributed by atoms with E-state index in [9.17, 15) is 9.59 Å². The topological polar surface area (TPSA) is 74.3 Å². The summed E-state index contributed by atoms with van der Waals surface area (Å²) in [5, 5.41) is 0.0518. The Morgan fingerprint density at radius 2 is 1.78 bits per heavy atom. The van der Waals surface area contributed by atoms with Crippen LogP contribution in [0.5, 0.6) is 0 Å². The average Bonchev–Trinajstić information content (AvgIpc) is 3.18. The normalized spacial score (nSPS) is 20.0. The lowest BCUT2D eigenvalue weighted by Gasteiger charge is -2.37. The lowest BCUT2D eigenvalue weighted by atomic mass is 10.1. The Labute approximate surface area is 218 Å². The molecule has 1 amide bonds. The number of esters is 1. The van der Waals surface area contributed by atoms with Gasteiger partial charge in [-0.2, -0.15) is 0 Å². The van der Waals surface area contributed by atoms with Crippen molar-refractivity contribution in [1.29, 1.82) is 0 Å². The molecule has 1 aliphatic rings. The molecule has 0 N–H and O–H groups in total. The molecule has 1 aliphatic heterocycles. The standard InChI is InChI=1S/C28H45NO6Si/c1-10-32-25(30)18-21(19-34-36(8,9)28(5,6)7)16-17-24-29(26(31)35-27(2,3)4)23(20-33-24)22-14-12-11-13-15-22/h11-17,21,23-24H,10,18-20H2,1-9H3/b17-16+/t21-,23-,24+/m0/s1. The van der Waals surface area contributed by atoms with E-state index in [1.54, 1.807) is 11.8 Å². The molecule has 0 saturated carbocycles. The molecule has 202 valence electrons. The Morgan fingerprint density at radius 3 is 2.33 bits per heavy atom. The number of carbonyl (C=O) groups is 2. The fourth-order valence-corrected chi connectivity index (χ4v) is 4.62. The summed E-state index contributed by atoms with van der Waals surface area (Å²) in [7, 11) is -2.01. The molecule has 1 saturated heterocycles. The summed E-state index contributed by atoms with van der Waals surface area (Å²) >= 11 is 0. The second kappa shape index (κ2) is 12.4. The lowest BCUT2D eigenvalue weighted by molar-refractivity contribution is -0.144. The van der Waals surface area contributed by atoms with Gasteiger partial charge in [-0.05, 0) is 57.5 Å². The molecule has 0 bridgehead atoms. The third kappa shape index (κ3) is 8.75. The third-order valence-electron chi connectivity index (χ3n) is 6.57. The molecule has 0 aliphatic carbocycles. The summed E-state index contributed by atoms with van der Waals surface area (Å²) in [6.45, 7) is 19.3. The summed E-state index contributed by atoms with van der Waals surface area (Å²) in [6.07, 6.45) is 2.89. The zero-order valence-electron chi connectivity index (χ0n) is 23.5. The molecular formula is C28H45NO6Si. The molecule has 2 rings (SSSR count). The van der Waals surface area contributed by atoms with Gasteiger partial charge in [0.2, 0.25) is 0 Å². The molecule has 1 fully saturated rings. The first kappa shape index (κ1) is 30.1. The highest BCUT2D eigenvalue weighted by Gasteiger charge is 2.40. The first-order valence-corrected chi connectivity index (χ1v) is 15.7. The number of benzene rings is 1. The van der Waals surface area contributed by atoms with Crippen LogP contribution in [0.25, 0.3) is 0 Å². The van der Waals surface area contributed by atoms with E-state index >= 15 is 0 Å². The zero-order valence-corrected chi connectivity index (χ0v) is 24.5. The highest BCUT2D eigenvalue weighted by atomic mass is 28.4. The predicted octanol–water partition coefficient (Wildman–Crippen LogP) is 6.47. The van der Waals surface area contributed by atoms with E-state index in [-0.39, 0.29) is 29.4 Å². The molecule has 7 nitrogen and oxygen atoms in total. The van der Waals surface area contributed by atoms with Gasteiger partial charge in [0.05, 0.1) is 25.7 Å². The van der Waals surface area contributed by atoms with Crippen molar-refractivity contribution >= 4 is 20.4 Å². The van der Waals surface area contributed by atoms with Gasteiger partial charge in [0.25, 0.3) is 0 Å². The first-order chi connectivity index (χ1) is 16.6. The van der Waals surface area contributed by atoms with Crippen molar-refractivity contribution in [2.45, 2.75) is 90.9 Å². The van der Waals surface area contributed by atoms with Crippen LogP contribution in [-0.2, 0) is 23.4 Å². The molecule has 1 aromatic carbocycles. The number of ether oxygens (including phenoxy) is 3. The Hall–Kier alpha value is -2.16. The second-order valence-electron chi connectivity index (χ2n) is 11.8. The molecular weight excluding hydrogens is 474 g/mol. The van der Waals surface area contributed by atoms with Gasteiger partial charge in [0.15, 0.2) is 14.5 Å². The van der Waals surface area contributed by atoms with Gasteiger partial charge in [-0.15, -0.1) is 0 Å². The van der Waals surface area contributed by atoms with Crippen molar-refractivity contribution in [1.82, 2.24) is 4.90 Å². The van der Waals surface area contributed by atoms with Crippen LogP contribution in [0.2, 0.25) is 18.1 Å². The first-order valence-electron chi connectivity index (χ1n) is 12.8. The van der Waals surface area contributed by atoms with Gasteiger partial charge < -0.3 is 18.6 Å². The Morgan fingerprint density at radius 1 is 1.14 bits per heavy atom. The highest BCUT2D eigenvalue weighted by Crippen LogP contribution is 2.37. The summed E-state index contributed by atoms with van der Waals surface area (Å²) < 4.78 is 23.4. The molecule has 0 unspecified atom stereocenters. The van der Waals surface area contributed by atoms with Crippen molar-refractivity contribution in [3.8, 4) is 0 Å². The van der Waals surface area contributed by atoms with Crippen LogP contribution in [0.15, 0.2) is 42.5 Å². The Balaban J connectivity index is 2.28. The van der Waals surface area contributed by atoms with E-state index in [0.717, 1.165) is 5.56 Å². The van der Waals surface area contributed by atoms with Gasteiger partial charge in [-0.3, -0.25) is 9.69 Å². The average molecular weight is 520 g/mol. The van der Waals surface area contributed by atoms with E-state index in [2.05, 4.69) is 33.9 Å². The van der Waals surface area contributed by atoms with Gasteiger partial charge in [-0.25, -0.2) is 4.79 Å². The monoisotopic (exact) mass is 519 g/mol. The van der Waals surface area contributed by atoms with Crippen molar-refractivity contribution in [2.24, 2.45) is 5.92 Å². The van der Waals surface area contributed by atoms with E-state index in [1.165, 1.54) is 0 Å². The van der Waals surface area contributed by atoms with Crippen LogP contribution in [0.4, 0.5) is 4.79 Å². The number of hydrogen-bond acceptors (Lipinski definition) is 6. The highest BCUT2D eigenvalue weighted by molar-refractivity contribution is 6.74. The maximum absolute atomic E-state index is 13.2. The Kier molecular flexibility index (Phi) is 10.3. The van der Waals surface area contributed by atoms with Crippen molar-refractivity contribution in [2.75, 3.05) is 19.8 Å². The molecule has 36 heavy (non-hydrogen) atoms. The summed E-state index contributed by atoms with van der Waals surface area (Å²) in [4.78, 5) is 27.2. The minimum Gasteiger partial charge on any atom is -0.466 e. The molecule has 0 aromatic heterocycles. The summed E-state index contributed by atoms with van der Waals surface area (Å²) in [6, 6.07) is 9.51. The molecule has 1 heterocycles. The molecule has 0 radical (unpaired) electrons. The molecule has 8 heteroatoms. The summed E-state index contributed by atoms with van der Waals surface area (Å²) in [5.41, 5.74) is 0.335. The van der Waals surface area contributed by atoms with Crippen LogP contribution >= 0.6 is 0 Å². The van der Waals surface area contributed by atoms with Crippen molar-refractivity contribution in [3.05, 3.63) is 48.0 Å². The van der Waals surface area contributed by atoms with E-state index < -0.39 is 26.2 Å². The number of hydrogen-bond donors (Lipinski definition) is 0. The number of amides is 1. The Bertz CT molecular complexity index is 888. The molecule has 0 spiro atoms. The molecule has 1 aromatic rings. The van der Waals surface area contributed by atoms with Crippen LogP contribution in [-0.4, -0.2) is 56.9 Å². The maximum Gasteiger partial charge on any atom is 0.413 e. The minimum absolute atomic E-state index is 0.0518. The smallest absolute Gasteiger partial charge is 0.413 e. The van der Waals surface area contributed by atoms with Crippen LogP contribution in [0, 0.1) is 5.92 Å². The van der Waals surface area contributed by atoms with Crippen LogP contribution in [0.1, 0.15) is 66.5 Å². The largest absolute Gasteiger partial charge is 0.466 e. The van der Waals surface area contributed by atoms with Crippen LogP contribution in [0.3, 0.4) is 0 Å². The second-order valence-corrected chi connectivity index (χ2v) is 16.6. The zero-order chi connectivity index (χ0) is 27.1. The number of nitrogens with zero attached hydrogens (tertiary/aromatic N) is 1. The van der Waals surface area contributed by atoms with E-state index in [0.29, 0.717) is 19.8 Å². The fraction of sp³-hybridized carbons (Fsp3) is 0.643. The fourth-order valence-electron chi connectivity index (χ4n) is 3.55. The van der Waals surface area contributed by atoms with Gasteiger partial charge in [-0.1, -0.05) is 57.2 Å². The van der Waals surface area contributed by atoms with Gasteiger partial charge in [0.1, 0.15) is 5.60 Å². The van der Waals surface area contributed by atoms with E-state index in [4.69, 9.17) is 18.6 Å². The third-order valence-corrected chi connectivity index (χ3v) is 11.1. The van der Waals surface area contributed by atoms with Gasteiger partial charge in [0, 0.05) is 12.5 Å². The minimum atomic E-state index is -2.01.